The minimum atomic E-state index is -1.17. The summed E-state index contributed by atoms with van der Waals surface area (Å²) < 4.78 is 11.1. The second-order valence-corrected chi connectivity index (χ2v) is 9.30. The van der Waals surface area contributed by atoms with Crippen LogP contribution in [0, 0.1) is 5.41 Å². The zero-order valence-electron chi connectivity index (χ0n) is 21.3. The second-order valence-electron chi connectivity index (χ2n) is 9.30. The first-order chi connectivity index (χ1) is 15.0. The molecule has 0 rings (SSSR count). The van der Waals surface area contributed by atoms with Crippen LogP contribution >= 0.6 is 0 Å². The van der Waals surface area contributed by atoms with Gasteiger partial charge in [-0.1, -0.05) is 117 Å². The first-order valence-corrected chi connectivity index (χ1v) is 13.4. The van der Waals surface area contributed by atoms with Gasteiger partial charge in [0.2, 0.25) is 0 Å². The van der Waals surface area contributed by atoms with Crippen LogP contribution in [-0.4, -0.2) is 25.2 Å². The van der Waals surface area contributed by atoms with Crippen molar-refractivity contribution in [2.75, 3.05) is 13.2 Å². The van der Waals surface area contributed by atoms with E-state index in [1.54, 1.807) is 6.92 Å². The molecule has 31 heavy (non-hydrogen) atoms. The second kappa shape index (κ2) is 20.8. The van der Waals surface area contributed by atoms with Crippen LogP contribution in [0.15, 0.2) is 0 Å². The molecule has 0 amide bonds. The number of esters is 2. The van der Waals surface area contributed by atoms with Crippen LogP contribution in [-0.2, 0) is 19.1 Å². The highest BCUT2D eigenvalue weighted by molar-refractivity contribution is 5.99. The number of unbranched alkanes of at least 4 members (excludes halogenated alkanes) is 14. The van der Waals surface area contributed by atoms with Crippen molar-refractivity contribution >= 4 is 11.9 Å². The third kappa shape index (κ3) is 15.4. The molecule has 0 heterocycles. The highest BCUT2D eigenvalue weighted by atomic mass is 16.6. The van der Waals surface area contributed by atoms with E-state index >= 15 is 0 Å². The predicted molar refractivity (Wildman–Crippen MR) is 130 cm³/mol. The molecule has 0 aliphatic rings. The van der Waals surface area contributed by atoms with E-state index in [-0.39, 0.29) is 0 Å². The molecule has 0 aromatic carbocycles. The topological polar surface area (TPSA) is 52.6 Å². The molecule has 0 aliphatic heterocycles. The lowest BCUT2D eigenvalue weighted by Gasteiger charge is -2.25. The number of carbonyl (C=O) groups is 2. The van der Waals surface area contributed by atoms with Crippen LogP contribution in [0.25, 0.3) is 0 Å². The number of hydrogen-bond acceptors (Lipinski definition) is 4. The summed E-state index contributed by atoms with van der Waals surface area (Å²) in [5, 5.41) is 0. The highest BCUT2D eigenvalue weighted by Crippen LogP contribution is 2.29. The summed E-state index contributed by atoms with van der Waals surface area (Å²) in [5.74, 6) is -0.797. The quantitative estimate of drug-likeness (QED) is 0.0967. The largest absolute Gasteiger partial charge is 0.465 e. The Labute approximate surface area is 193 Å². The molecule has 0 radical (unpaired) electrons. The summed E-state index contributed by atoms with van der Waals surface area (Å²) in [7, 11) is 0. The van der Waals surface area contributed by atoms with Gasteiger partial charge in [0.1, 0.15) is 0 Å². The molecule has 0 spiro atoms. The fourth-order valence-corrected chi connectivity index (χ4v) is 3.78. The average molecular weight is 441 g/mol. The Kier molecular flexibility index (Phi) is 20.1. The first-order valence-electron chi connectivity index (χ1n) is 13.4. The highest BCUT2D eigenvalue weighted by Gasteiger charge is 2.43. The van der Waals surface area contributed by atoms with Gasteiger partial charge in [0.15, 0.2) is 5.41 Å². The molecule has 184 valence electrons. The summed E-state index contributed by atoms with van der Waals surface area (Å²) in [5.41, 5.74) is -1.17. The van der Waals surface area contributed by atoms with Crippen molar-refractivity contribution < 1.29 is 19.1 Å². The van der Waals surface area contributed by atoms with E-state index in [1.165, 1.54) is 64.2 Å². The maximum atomic E-state index is 12.8. The molecule has 4 heteroatoms. The van der Waals surface area contributed by atoms with Crippen molar-refractivity contribution in [3.63, 3.8) is 0 Å². The van der Waals surface area contributed by atoms with Crippen LogP contribution < -0.4 is 0 Å². The number of rotatable bonds is 22. The normalized spacial score (nSPS) is 11.5. The third-order valence-corrected chi connectivity index (χ3v) is 6.14. The molecule has 0 N–H and O–H groups in total. The van der Waals surface area contributed by atoms with Crippen LogP contribution in [0.2, 0.25) is 0 Å². The van der Waals surface area contributed by atoms with Crippen molar-refractivity contribution in [3.05, 3.63) is 0 Å². The Hall–Kier alpha value is -1.06. The lowest BCUT2D eigenvalue weighted by atomic mass is 9.84. The van der Waals surface area contributed by atoms with Crippen LogP contribution in [0.4, 0.5) is 0 Å². The standard InChI is InChI=1S/C27H52O4/c1-5-8-11-14-17-20-23-30-25(28)27(4,22-19-16-13-10-7-3)26(29)31-24-21-18-15-12-9-6-2/h5-24H2,1-4H3. The van der Waals surface area contributed by atoms with Crippen molar-refractivity contribution in [2.45, 2.75) is 143 Å². The lowest BCUT2D eigenvalue weighted by Crippen LogP contribution is -2.39. The van der Waals surface area contributed by atoms with Crippen molar-refractivity contribution in [1.29, 1.82) is 0 Å². The minimum absolute atomic E-state index is 0.399. The Balaban J connectivity index is 4.47. The molecule has 0 saturated carbocycles. The van der Waals surface area contributed by atoms with Gasteiger partial charge in [-0.05, 0) is 26.2 Å². The third-order valence-electron chi connectivity index (χ3n) is 6.14. The van der Waals surface area contributed by atoms with Gasteiger partial charge in [-0.15, -0.1) is 0 Å². The van der Waals surface area contributed by atoms with Crippen molar-refractivity contribution in [2.24, 2.45) is 5.41 Å². The van der Waals surface area contributed by atoms with Gasteiger partial charge >= 0.3 is 11.9 Å². The molecule has 0 aromatic heterocycles. The number of carbonyl (C=O) groups excluding carboxylic acids is 2. The molecular weight excluding hydrogens is 388 g/mol. The first kappa shape index (κ1) is 29.9. The molecule has 0 bridgehead atoms. The van der Waals surface area contributed by atoms with Gasteiger partial charge in [0.05, 0.1) is 13.2 Å². The maximum Gasteiger partial charge on any atom is 0.323 e. The molecular formula is C27H52O4. The Morgan fingerprint density at radius 1 is 0.516 bits per heavy atom. The predicted octanol–water partition coefficient (Wildman–Crippen LogP) is 8.16. The molecule has 0 saturated heterocycles. The summed E-state index contributed by atoms with van der Waals surface area (Å²) >= 11 is 0. The van der Waals surface area contributed by atoms with E-state index in [9.17, 15) is 9.59 Å². The Bertz CT molecular complexity index is 403. The summed E-state index contributed by atoms with van der Waals surface area (Å²) in [6.45, 7) is 9.12. The van der Waals surface area contributed by atoms with Gasteiger partial charge in [-0.25, -0.2) is 0 Å². The molecule has 0 unspecified atom stereocenters. The van der Waals surface area contributed by atoms with E-state index < -0.39 is 17.4 Å². The van der Waals surface area contributed by atoms with Gasteiger partial charge < -0.3 is 9.47 Å². The minimum Gasteiger partial charge on any atom is -0.465 e. The van der Waals surface area contributed by atoms with E-state index in [1.807, 2.05) is 0 Å². The summed E-state index contributed by atoms with van der Waals surface area (Å²) in [6.07, 6.45) is 19.6. The number of ether oxygens (including phenoxy) is 2. The number of hydrogen-bond donors (Lipinski definition) is 0. The van der Waals surface area contributed by atoms with Gasteiger partial charge in [-0.3, -0.25) is 9.59 Å². The molecule has 0 atom stereocenters. The molecule has 0 aromatic rings. The van der Waals surface area contributed by atoms with Gasteiger partial charge in [0, 0.05) is 0 Å². The fourth-order valence-electron chi connectivity index (χ4n) is 3.78. The van der Waals surface area contributed by atoms with E-state index in [4.69, 9.17) is 9.47 Å². The van der Waals surface area contributed by atoms with E-state index in [0.29, 0.717) is 19.6 Å². The zero-order chi connectivity index (χ0) is 23.2. The molecule has 0 aliphatic carbocycles. The zero-order valence-corrected chi connectivity index (χ0v) is 21.3. The van der Waals surface area contributed by atoms with Gasteiger partial charge in [-0.2, -0.15) is 0 Å². The van der Waals surface area contributed by atoms with E-state index in [2.05, 4.69) is 20.8 Å². The van der Waals surface area contributed by atoms with Crippen LogP contribution in [0.1, 0.15) is 143 Å². The smallest absolute Gasteiger partial charge is 0.323 e. The van der Waals surface area contributed by atoms with Crippen LogP contribution in [0.3, 0.4) is 0 Å². The Morgan fingerprint density at radius 2 is 0.839 bits per heavy atom. The van der Waals surface area contributed by atoms with E-state index in [0.717, 1.165) is 44.9 Å². The SMILES string of the molecule is CCCCCCCCOC(=O)C(C)(CCCCCCC)C(=O)OCCCCCCCC. The Morgan fingerprint density at radius 3 is 1.23 bits per heavy atom. The maximum absolute atomic E-state index is 12.8. The monoisotopic (exact) mass is 440 g/mol. The van der Waals surface area contributed by atoms with Crippen LogP contribution in [0.5, 0.6) is 0 Å². The fraction of sp³-hybridized carbons (Fsp3) is 0.926. The van der Waals surface area contributed by atoms with Crippen molar-refractivity contribution in [1.82, 2.24) is 0 Å². The summed E-state index contributed by atoms with van der Waals surface area (Å²) in [6, 6.07) is 0. The summed E-state index contributed by atoms with van der Waals surface area (Å²) in [4.78, 5) is 25.7. The lowest BCUT2D eigenvalue weighted by molar-refractivity contribution is -0.172. The molecule has 0 fully saturated rings. The average Bonchev–Trinajstić information content (AvgIpc) is 2.77. The van der Waals surface area contributed by atoms with Gasteiger partial charge in [0.25, 0.3) is 0 Å². The van der Waals surface area contributed by atoms with Crippen molar-refractivity contribution in [3.8, 4) is 0 Å². The molecule has 4 nitrogen and oxygen atoms in total.